The third-order valence-corrected chi connectivity index (χ3v) is 3.51. The molecule has 0 aliphatic heterocycles. The molecule has 1 aromatic rings. The fourth-order valence-electron chi connectivity index (χ4n) is 2.04. The van der Waals surface area contributed by atoms with Crippen molar-refractivity contribution in [2.75, 3.05) is 13.1 Å². The number of nitrogens with zero attached hydrogens (tertiary/aromatic N) is 1. The number of rotatable bonds is 6. The lowest BCUT2D eigenvalue weighted by Crippen LogP contribution is -2.37. The molecule has 0 unspecified atom stereocenters. The summed E-state index contributed by atoms with van der Waals surface area (Å²) in [6.07, 6.45) is 2.45. The molecule has 1 saturated carbocycles. The van der Waals surface area contributed by atoms with Gasteiger partial charge in [-0.05, 0) is 50.8 Å². The summed E-state index contributed by atoms with van der Waals surface area (Å²) in [5, 5.41) is 0. The number of halogens is 2. The van der Waals surface area contributed by atoms with Crippen molar-refractivity contribution >= 4 is 5.78 Å². The molecule has 104 valence electrons. The summed E-state index contributed by atoms with van der Waals surface area (Å²) in [6.45, 7) is 5.26. The van der Waals surface area contributed by atoms with Gasteiger partial charge in [-0.3, -0.25) is 9.69 Å². The molecular formula is C15H19F2NO. The van der Waals surface area contributed by atoms with Crippen molar-refractivity contribution in [2.45, 2.75) is 32.7 Å². The van der Waals surface area contributed by atoms with Gasteiger partial charge < -0.3 is 0 Å². The quantitative estimate of drug-likeness (QED) is 0.737. The molecule has 4 heteroatoms. The summed E-state index contributed by atoms with van der Waals surface area (Å²) in [5.74, 6) is -1.35. The van der Waals surface area contributed by atoms with E-state index in [4.69, 9.17) is 0 Å². The van der Waals surface area contributed by atoms with Crippen molar-refractivity contribution in [3.8, 4) is 0 Å². The molecule has 0 radical (unpaired) electrons. The fourth-order valence-corrected chi connectivity index (χ4v) is 2.04. The van der Waals surface area contributed by atoms with Gasteiger partial charge in [-0.1, -0.05) is 0 Å². The number of hydrogen-bond acceptors (Lipinski definition) is 2. The lowest BCUT2D eigenvalue weighted by Gasteiger charge is -2.25. The van der Waals surface area contributed by atoms with Crippen LogP contribution in [0.2, 0.25) is 0 Å². The third-order valence-electron chi connectivity index (χ3n) is 3.51. The van der Waals surface area contributed by atoms with Crippen molar-refractivity contribution in [1.29, 1.82) is 0 Å². The second kappa shape index (κ2) is 5.78. The summed E-state index contributed by atoms with van der Waals surface area (Å²) < 4.78 is 26.0. The van der Waals surface area contributed by atoms with Gasteiger partial charge in [-0.2, -0.15) is 0 Å². The fraction of sp³-hybridized carbons (Fsp3) is 0.533. The number of ketones is 1. The minimum absolute atomic E-state index is 0.159. The highest BCUT2D eigenvalue weighted by atomic mass is 19.2. The molecule has 0 N–H and O–H groups in total. The smallest absolute Gasteiger partial charge is 0.176 e. The Morgan fingerprint density at radius 1 is 1.32 bits per heavy atom. The van der Waals surface area contributed by atoms with Crippen LogP contribution in [0.15, 0.2) is 18.2 Å². The molecule has 1 aromatic carbocycles. The highest BCUT2D eigenvalue weighted by Crippen LogP contribution is 2.30. The van der Waals surface area contributed by atoms with Gasteiger partial charge in [0, 0.05) is 18.2 Å². The summed E-state index contributed by atoms with van der Waals surface area (Å²) in [7, 11) is 0. The molecule has 0 aromatic heterocycles. The van der Waals surface area contributed by atoms with Gasteiger partial charge in [0.1, 0.15) is 0 Å². The zero-order valence-electron chi connectivity index (χ0n) is 11.3. The molecule has 1 fully saturated rings. The van der Waals surface area contributed by atoms with Crippen LogP contribution in [-0.2, 0) is 0 Å². The second-order valence-corrected chi connectivity index (χ2v) is 5.52. The van der Waals surface area contributed by atoms with E-state index in [-0.39, 0.29) is 23.9 Å². The normalized spacial score (nSPS) is 15.3. The number of Topliss-reactive ketones (excluding diaryl/α,β-unsaturated/α-hetero) is 1. The molecule has 2 nitrogen and oxygen atoms in total. The van der Waals surface area contributed by atoms with Gasteiger partial charge in [0.05, 0.1) is 6.54 Å². The minimum atomic E-state index is -0.968. The monoisotopic (exact) mass is 267 g/mol. The first-order valence-electron chi connectivity index (χ1n) is 6.69. The molecule has 0 heterocycles. The van der Waals surface area contributed by atoms with E-state index < -0.39 is 11.6 Å². The SMILES string of the molecule is CC(C)N(CC(=O)c1ccc(F)c(F)c1)CC1CC1. The summed E-state index contributed by atoms with van der Waals surface area (Å²) >= 11 is 0. The van der Waals surface area contributed by atoms with Crippen molar-refractivity contribution in [3.63, 3.8) is 0 Å². The van der Waals surface area contributed by atoms with Gasteiger partial charge in [0.2, 0.25) is 0 Å². The summed E-state index contributed by atoms with van der Waals surface area (Å²) in [5.41, 5.74) is 0.236. The van der Waals surface area contributed by atoms with E-state index in [9.17, 15) is 13.6 Å². The number of benzene rings is 1. The van der Waals surface area contributed by atoms with Crippen LogP contribution in [0.1, 0.15) is 37.0 Å². The van der Waals surface area contributed by atoms with Crippen molar-refractivity contribution in [3.05, 3.63) is 35.4 Å². The van der Waals surface area contributed by atoms with Gasteiger partial charge >= 0.3 is 0 Å². The minimum Gasteiger partial charge on any atom is -0.293 e. The molecule has 19 heavy (non-hydrogen) atoms. The Kier molecular flexibility index (Phi) is 4.30. The average molecular weight is 267 g/mol. The van der Waals surface area contributed by atoms with E-state index in [2.05, 4.69) is 4.90 Å². The van der Waals surface area contributed by atoms with Gasteiger partial charge in [-0.25, -0.2) is 8.78 Å². The predicted molar refractivity (Wildman–Crippen MR) is 70.1 cm³/mol. The Hall–Kier alpha value is -1.29. The summed E-state index contributed by atoms with van der Waals surface area (Å²) in [4.78, 5) is 14.2. The molecule has 0 amide bonds. The van der Waals surface area contributed by atoms with Crippen LogP contribution in [0.3, 0.4) is 0 Å². The van der Waals surface area contributed by atoms with Crippen LogP contribution in [0.25, 0.3) is 0 Å². The van der Waals surface area contributed by atoms with Crippen molar-refractivity contribution < 1.29 is 13.6 Å². The van der Waals surface area contributed by atoms with E-state index in [0.717, 1.165) is 18.7 Å². The van der Waals surface area contributed by atoms with Crippen LogP contribution in [0.5, 0.6) is 0 Å². The van der Waals surface area contributed by atoms with Gasteiger partial charge in [-0.15, -0.1) is 0 Å². The molecule has 2 rings (SSSR count). The predicted octanol–water partition coefficient (Wildman–Crippen LogP) is 3.27. The molecule has 0 bridgehead atoms. The average Bonchev–Trinajstić information content (AvgIpc) is 3.15. The number of carbonyl (C=O) groups excluding carboxylic acids is 1. The maximum Gasteiger partial charge on any atom is 0.176 e. The molecule has 0 atom stereocenters. The Morgan fingerprint density at radius 3 is 2.53 bits per heavy atom. The van der Waals surface area contributed by atoms with Crippen molar-refractivity contribution in [1.82, 2.24) is 4.90 Å². The Labute approximate surface area is 112 Å². The highest BCUT2D eigenvalue weighted by Gasteiger charge is 2.26. The first kappa shape index (κ1) is 14.1. The summed E-state index contributed by atoms with van der Waals surface area (Å²) in [6, 6.07) is 3.60. The van der Waals surface area contributed by atoms with Crippen LogP contribution in [-0.4, -0.2) is 29.8 Å². The molecule has 0 saturated heterocycles. The standard InChI is InChI=1S/C15H19F2NO/c1-10(2)18(8-11-3-4-11)9-15(19)12-5-6-13(16)14(17)7-12/h5-7,10-11H,3-4,8-9H2,1-2H3. The second-order valence-electron chi connectivity index (χ2n) is 5.52. The molecule has 1 aliphatic carbocycles. The molecule has 1 aliphatic rings. The first-order chi connectivity index (χ1) is 8.97. The Morgan fingerprint density at radius 2 is 2.00 bits per heavy atom. The van der Waals surface area contributed by atoms with Crippen molar-refractivity contribution in [2.24, 2.45) is 5.92 Å². The maximum absolute atomic E-state index is 13.1. The zero-order chi connectivity index (χ0) is 14.0. The lowest BCUT2D eigenvalue weighted by molar-refractivity contribution is 0.0900. The zero-order valence-corrected chi connectivity index (χ0v) is 11.3. The van der Waals surface area contributed by atoms with Gasteiger partial charge in [0.25, 0.3) is 0 Å². The van der Waals surface area contributed by atoms with E-state index in [1.165, 1.54) is 18.9 Å². The van der Waals surface area contributed by atoms with E-state index in [1.807, 2.05) is 13.8 Å². The van der Waals surface area contributed by atoms with E-state index in [1.54, 1.807) is 0 Å². The number of carbonyl (C=O) groups is 1. The highest BCUT2D eigenvalue weighted by molar-refractivity contribution is 5.97. The first-order valence-corrected chi connectivity index (χ1v) is 6.69. The lowest BCUT2D eigenvalue weighted by atomic mass is 10.1. The largest absolute Gasteiger partial charge is 0.293 e. The van der Waals surface area contributed by atoms with Gasteiger partial charge in [0.15, 0.2) is 17.4 Å². The van der Waals surface area contributed by atoms with Crippen LogP contribution in [0.4, 0.5) is 8.78 Å². The van der Waals surface area contributed by atoms with Crippen LogP contribution < -0.4 is 0 Å². The number of hydrogen-bond donors (Lipinski definition) is 0. The van der Waals surface area contributed by atoms with Crippen LogP contribution in [0, 0.1) is 17.6 Å². The van der Waals surface area contributed by atoms with E-state index in [0.29, 0.717) is 5.92 Å². The molecule has 0 spiro atoms. The Balaban J connectivity index is 2.02. The third kappa shape index (κ3) is 3.83. The van der Waals surface area contributed by atoms with Crippen LogP contribution >= 0.6 is 0 Å². The topological polar surface area (TPSA) is 20.3 Å². The van der Waals surface area contributed by atoms with E-state index >= 15 is 0 Å². The maximum atomic E-state index is 13.1. The Bertz CT molecular complexity index is 469. The molecular weight excluding hydrogens is 248 g/mol.